The molecule has 1 fully saturated rings. The molecule has 1 atom stereocenters. The highest BCUT2D eigenvalue weighted by Crippen LogP contribution is 2.23. The van der Waals surface area contributed by atoms with Crippen LogP contribution in [0.4, 0.5) is 5.13 Å². The Morgan fingerprint density at radius 2 is 2.20 bits per heavy atom. The monoisotopic (exact) mass is 333 g/mol. The molecule has 110 valence electrons. The minimum absolute atomic E-state index is 0.0335. The lowest BCUT2D eigenvalue weighted by atomic mass is 10.3. The molecule has 9 heteroatoms. The van der Waals surface area contributed by atoms with Gasteiger partial charge in [0.2, 0.25) is 0 Å². The highest BCUT2D eigenvalue weighted by atomic mass is 32.2. The number of hydrogen-bond donors (Lipinski definition) is 2. The van der Waals surface area contributed by atoms with Crippen LogP contribution in [0.3, 0.4) is 0 Å². The predicted octanol–water partition coefficient (Wildman–Crippen LogP) is 1.13. The summed E-state index contributed by atoms with van der Waals surface area (Å²) in [6, 6.07) is -0.159. The van der Waals surface area contributed by atoms with Crippen LogP contribution >= 0.6 is 23.6 Å². The summed E-state index contributed by atoms with van der Waals surface area (Å²) in [6.45, 7) is 3.25. The van der Waals surface area contributed by atoms with Gasteiger partial charge in [0.1, 0.15) is 0 Å². The Balaban J connectivity index is 1.95. The number of ketones is 1. The number of thiocarbonyl (C=S) groups is 1. The van der Waals surface area contributed by atoms with E-state index in [9.17, 15) is 13.2 Å². The zero-order valence-corrected chi connectivity index (χ0v) is 13.5. The van der Waals surface area contributed by atoms with Gasteiger partial charge in [0.05, 0.1) is 22.1 Å². The van der Waals surface area contributed by atoms with Crippen molar-refractivity contribution < 1.29 is 13.2 Å². The van der Waals surface area contributed by atoms with Crippen LogP contribution in [0.25, 0.3) is 0 Å². The van der Waals surface area contributed by atoms with Gasteiger partial charge in [-0.25, -0.2) is 13.4 Å². The molecule has 0 radical (unpaired) electrons. The van der Waals surface area contributed by atoms with Gasteiger partial charge in [-0.3, -0.25) is 4.79 Å². The van der Waals surface area contributed by atoms with Crippen molar-refractivity contribution in [3.8, 4) is 0 Å². The summed E-state index contributed by atoms with van der Waals surface area (Å²) in [6.07, 6.45) is 0.555. The molecule has 2 rings (SSSR count). The van der Waals surface area contributed by atoms with Crippen molar-refractivity contribution in [1.29, 1.82) is 0 Å². The fourth-order valence-electron chi connectivity index (χ4n) is 2.00. The molecule has 2 N–H and O–H groups in total. The van der Waals surface area contributed by atoms with E-state index in [1.54, 1.807) is 6.92 Å². The molecular formula is C11H15N3O3S3. The fraction of sp³-hybridized carbons (Fsp3) is 0.545. The Labute approximate surface area is 126 Å². The molecule has 1 aromatic rings. The molecule has 1 aromatic heterocycles. The number of nitrogens with one attached hydrogen (secondary N) is 2. The largest absolute Gasteiger partial charge is 0.359 e. The Bertz CT molecular complexity index is 651. The van der Waals surface area contributed by atoms with Gasteiger partial charge in [0, 0.05) is 13.0 Å². The molecule has 0 aromatic carbocycles. The number of Topliss-reactive ketones (excluding diaryl/α,β-unsaturated/α-hetero) is 1. The summed E-state index contributed by atoms with van der Waals surface area (Å²) in [5.41, 5.74) is 0.663. The standard InChI is InChI=1S/C11H15N3O3S3/c1-6-9(7(2)15)19-11(12-6)14-10(18)13-8-3-4-20(16,17)5-8/h8H,3-5H2,1-2H3,(H2,12,13,14,18)/t8-/m0/s1. The molecule has 1 aliphatic rings. The molecular weight excluding hydrogens is 318 g/mol. The molecule has 1 aliphatic heterocycles. The molecule has 6 nitrogen and oxygen atoms in total. The zero-order valence-electron chi connectivity index (χ0n) is 11.1. The van der Waals surface area contributed by atoms with Crippen LogP contribution in [-0.2, 0) is 9.84 Å². The SMILES string of the molecule is CC(=O)c1sc(NC(=S)N[C@H]2CCS(=O)(=O)C2)nc1C. The Morgan fingerprint density at radius 1 is 1.50 bits per heavy atom. The summed E-state index contributed by atoms with van der Waals surface area (Å²) < 4.78 is 22.7. The number of anilines is 1. The van der Waals surface area contributed by atoms with Crippen LogP contribution in [0.5, 0.6) is 0 Å². The maximum absolute atomic E-state index is 11.4. The van der Waals surface area contributed by atoms with Gasteiger partial charge in [-0.05, 0) is 25.6 Å². The van der Waals surface area contributed by atoms with Crippen LogP contribution in [0, 0.1) is 6.92 Å². The van der Waals surface area contributed by atoms with E-state index < -0.39 is 9.84 Å². The fourth-order valence-corrected chi connectivity index (χ4v) is 4.87. The van der Waals surface area contributed by atoms with E-state index in [4.69, 9.17) is 12.2 Å². The third-order valence-electron chi connectivity index (χ3n) is 2.90. The lowest BCUT2D eigenvalue weighted by Gasteiger charge is -2.13. The van der Waals surface area contributed by atoms with Crippen molar-refractivity contribution in [2.24, 2.45) is 0 Å². The Kier molecular flexibility index (Phi) is 4.40. The number of thiazole rings is 1. The van der Waals surface area contributed by atoms with Crippen LogP contribution in [0.2, 0.25) is 0 Å². The number of hydrogen-bond acceptors (Lipinski definition) is 6. The number of nitrogens with zero attached hydrogens (tertiary/aromatic N) is 1. The first-order valence-electron chi connectivity index (χ1n) is 6.03. The third-order valence-corrected chi connectivity index (χ3v) is 6.07. The first kappa shape index (κ1) is 15.3. The van der Waals surface area contributed by atoms with E-state index in [-0.39, 0.29) is 23.3 Å². The third kappa shape index (κ3) is 3.74. The molecule has 0 bridgehead atoms. The van der Waals surface area contributed by atoms with Crippen LogP contribution < -0.4 is 10.6 Å². The number of carbonyl (C=O) groups excluding carboxylic acids is 1. The van der Waals surface area contributed by atoms with Gasteiger partial charge in [0.15, 0.2) is 25.9 Å². The average Bonchev–Trinajstić information content (AvgIpc) is 2.81. The Morgan fingerprint density at radius 3 is 2.70 bits per heavy atom. The summed E-state index contributed by atoms with van der Waals surface area (Å²) in [5.74, 6) is 0.261. The first-order chi connectivity index (χ1) is 9.27. The van der Waals surface area contributed by atoms with Gasteiger partial charge < -0.3 is 10.6 Å². The normalized spacial score (nSPS) is 20.6. The van der Waals surface area contributed by atoms with Crippen molar-refractivity contribution in [1.82, 2.24) is 10.3 Å². The predicted molar refractivity (Wildman–Crippen MR) is 83.3 cm³/mol. The van der Waals surface area contributed by atoms with E-state index in [0.717, 1.165) is 0 Å². The molecule has 0 spiro atoms. The Hall–Kier alpha value is -1.06. The van der Waals surface area contributed by atoms with Crippen LogP contribution in [0.1, 0.15) is 28.7 Å². The molecule has 0 unspecified atom stereocenters. The van der Waals surface area contributed by atoms with E-state index in [1.807, 2.05) is 0 Å². The van der Waals surface area contributed by atoms with Crippen molar-refractivity contribution in [2.75, 3.05) is 16.8 Å². The first-order valence-corrected chi connectivity index (χ1v) is 9.08. The van der Waals surface area contributed by atoms with Gasteiger partial charge in [-0.1, -0.05) is 11.3 Å². The van der Waals surface area contributed by atoms with Crippen LogP contribution in [0.15, 0.2) is 0 Å². The molecule has 20 heavy (non-hydrogen) atoms. The van der Waals surface area contributed by atoms with E-state index in [2.05, 4.69) is 15.6 Å². The highest BCUT2D eigenvalue weighted by molar-refractivity contribution is 7.91. The van der Waals surface area contributed by atoms with Crippen molar-refractivity contribution >= 4 is 49.4 Å². The second-order valence-electron chi connectivity index (χ2n) is 4.69. The van der Waals surface area contributed by atoms with Gasteiger partial charge >= 0.3 is 0 Å². The van der Waals surface area contributed by atoms with E-state index in [1.165, 1.54) is 18.3 Å². The van der Waals surface area contributed by atoms with E-state index in [0.29, 0.717) is 27.2 Å². The molecule has 0 saturated carbocycles. The number of sulfone groups is 1. The van der Waals surface area contributed by atoms with Gasteiger partial charge in [-0.15, -0.1) is 0 Å². The summed E-state index contributed by atoms with van der Waals surface area (Å²) in [4.78, 5) is 16.2. The average molecular weight is 333 g/mol. The number of carbonyl (C=O) groups is 1. The highest BCUT2D eigenvalue weighted by Gasteiger charge is 2.28. The number of rotatable bonds is 3. The quantitative estimate of drug-likeness (QED) is 0.633. The summed E-state index contributed by atoms with van der Waals surface area (Å²) >= 11 is 6.37. The summed E-state index contributed by atoms with van der Waals surface area (Å²) in [5, 5.41) is 6.72. The lowest BCUT2D eigenvalue weighted by Crippen LogP contribution is -2.38. The zero-order chi connectivity index (χ0) is 14.9. The second-order valence-corrected chi connectivity index (χ2v) is 8.32. The van der Waals surface area contributed by atoms with E-state index >= 15 is 0 Å². The van der Waals surface area contributed by atoms with Crippen molar-refractivity contribution in [3.05, 3.63) is 10.6 Å². The molecule has 0 amide bonds. The lowest BCUT2D eigenvalue weighted by molar-refractivity contribution is 0.102. The molecule has 0 aliphatic carbocycles. The minimum atomic E-state index is -2.94. The maximum Gasteiger partial charge on any atom is 0.189 e. The number of aromatic nitrogens is 1. The van der Waals surface area contributed by atoms with Gasteiger partial charge in [0.25, 0.3) is 0 Å². The molecule has 2 heterocycles. The second kappa shape index (κ2) is 5.74. The van der Waals surface area contributed by atoms with Crippen LogP contribution in [-0.4, -0.2) is 41.8 Å². The summed E-state index contributed by atoms with van der Waals surface area (Å²) in [7, 11) is -2.94. The number of aryl methyl sites for hydroxylation is 1. The minimum Gasteiger partial charge on any atom is -0.359 e. The van der Waals surface area contributed by atoms with Crippen molar-refractivity contribution in [2.45, 2.75) is 26.3 Å². The topological polar surface area (TPSA) is 88.2 Å². The smallest absolute Gasteiger partial charge is 0.189 e. The molecule has 1 saturated heterocycles. The van der Waals surface area contributed by atoms with Crippen molar-refractivity contribution in [3.63, 3.8) is 0 Å². The van der Waals surface area contributed by atoms with Gasteiger partial charge in [-0.2, -0.15) is 0 Å². The maximum atomic E-state index is 11.4.